The molecule has 1 N–H and O–H groups in total. The Kier molecular flexibility index (Phi) is 4.28. The van der Waals surface area contributed by atoms with Gasteiger partial charge in [-0.15, -0.1) is 0 Å². The van der Waals surface area contributed by atoms with Crippen LogP contribution in [0.3, 0.4) is 0 Å². The molecule has 102 valence electrons. The fourth-order valence-corrected chi connectivity index (χ4v) is 1.82. The molecule has 0 saturated carbocycles. The first-order valence-electron chi connectivity index (χ1n) is 6.24. The van der Waals surface area contributed by atoms with Crippen molar-refractivity contribution in [2.75, 3.05) is 19.5 Å². The van der Waals surface area contributed by atoms with Gasteiger partial charge in [0.05, 0.1) is 26.1 Å². The second-order valence-electron chi connectivity index (χ2n) is 4.13. The Morgan fingerprint density at radius 2 is 2.00 bits per heavy atom. The molecule has 1 heterocycles. The zero-order chi connectivity index (χ0) is 13.7. The molecular formula is C14H19N3O2. The Balaban J connectivity index is 2.03. The van der Waals surface area contributed by atoms with Crippen LogP contribution in [-0.2, 0) is 13.1 Å². The lowest BCUT2D eigenvalue weighted by Gasteiger charge is -2.10. The highest BCUT2D eigenvalue weighted by atomic mass is 16.5. The van der Waals surface area contributed by atoms with Crippen LogP contribution in [0.5, 0.6) is 11.5 Å². The second kappa shape index (κ2) is 6.13. The highest BCUT2D eigenvalue weighted by Crippen LogP contribution is 2.27. The maximum absolute atomic E-state index is 5.28. The fourth-order valence-electron chi connectivity index (χ4n) is 1.82. The summed E-state index contributed by atoms with van der Waals surface area (Å²) in [7, 11) is 3.27. The number of aromatic nitrogens is 2. The van der Waals surface area contributed by atoms with E-state index in [1.165, 1.54) is 0 Å². The third-order valence-corrected chi connectivity index (χ3v) is 2.90. The van der Waals surface area contributed by atoms with Crippen molar-refractivity contribution in [1.29, 1.82) is 0 Å². The van der Waals surface area contributed by atoms with E-state index in [9.17, 15) is 0 Å². The molecule has 0 radical (unpaired) electrons. The molecule has 1 aromatic carbocycles. The van der Waals surface area contributed by atoms with Gasteiger partial charge in [0.25, 0.3) is 0 Å². The van der Waals surface area contributed by atoms with E-state index in [1.807, 2.05) is 35.3 Å². The quantitative estimate of drug-likeness (QED) is 0.868. The monoisotopic (exact) mass is 261 g/mol. The largest absolute Gasteiger partial charge is 0.493 e. The summed E-state index contributed by atoms with van der Waals surface area (Å²) < 4.78 is 12.4. The summed E-state index contributed by atoms with van der Waals surface area (Å²) in [6.07, 6.45) is 3.81. The summed E-state index contributed by atoms with van der Waals surface area (Å²) in [5.41, 5.74) is 2.14. The molecule has 0 amide bonds. The summed E-state index contributed by atoms with van der Waals surface area (Å²) in [6.45, 7) is 3.65. The molecule has 0 saturated heterocycles. The highest BCUT2D eigenvalue weighted by Gasteiger charge is 2.04. The fraction of sp³-hybridized carbons (Fsp3) is 0.357. The third-order valence-electron chi connectivity index (χ3n) is 2.90. The minimum atomic E-state index is 0.718. The van der Waals surface area contributed by atoms with Gasteiger partial charge in [-0.3, -0.25) is 4.68 Å². The number of rotatable bonds is 6. The Labute approximate surface area is 113 Å². The van der Waals surface area contributed by atoms with Gasteiger partial charge in [0.2, 0.25) is 0 Å². The first-order chi connectivity index (χ1) is 9.26. The van der Waals surface area contributed by atoms with Gasteiger partial charge in [0.1, 0.15) is 0 Å². The second-order valence-corrected chi connectivity index (χ2v) is 4.13. The summed E-state index contributed by atoms with van der Waals surface area (Å²) in [4.78, 5) is 0. The van der Waals surface area contributed by atoms with Gasteiger partial charge in [-0.05, 0) is 24.6 Å². The van der Waals surface area contributed by atoms with E-state index in [0.29, 0.717) is 0 Å². The van der Waals surface area contributed by atoms with Crippen LogP contribution in [0, 0.1) is 0 Å². The molecule has 5 nitrogen and oxygen atoms in total. The smallest absolute Gasteiger partial charge is 0.161 e. The predicted molar refractivity (Wildman–Crippen MR) is 74.8 cm³/mol. The van der Waals surface area contributed by atoms with Crippen LogP contribution in [0.2, 0.25) is 0 Å². The molecule has 0 unspecified atom stereocenters. The van der Waals surface area contributed by atoms with E-state index in [-0.39, 0.29) is 0 Å². The van der Waals surface area contributed by atoms with Crippen molar-refractivity contribution >= 4 is 5.69 Å². The van der Waals surface area contributed by atoms with E-state index < -0.39 is 0 Å². The molecule has 5 heteroatoms. The van der Waals surface area contributed by atoms with Gasteiger partial charge in [-0.2, -0.15) is 5.10 Å². The van der Waals surface area contributed by atoms with Gasteiger partial charge >= 0.3 is 0 Å². The van der Waals surface area contributed by atoms with Crippen LogP contribution < -0.4 is 14.8 Å². The molecule has 0 spiro atoms. The van der Waals surface area contributed by atoms with Crippen LogP contribution in [0.15, 0.2) is 30.6 Å². The minimum Gasteiger partial charge on any atom is -0.493 e. The topological polar surface area (TPSA) is 48.3 Å². The van der Waals surface area contributed by atoms with Crippen LogP contribution in [0.1, 0.15) is 12.5 Å². The molecule has 0 aliphatic carbocycles. The Morgan fingerprint density at radius 1 is 1.21 bits per heavy atom. The predicted octanol–water partition coefficient (Wildman–Crippen LogP) is 2.53. The van der Waals surface area contributed by atoms with Gasteiger partial charge in [-0.25, -0.2) is 0 Å². The normalized spacial score (nSPS) is 10.3. The maximum atomic E-state index is 5.28. The summed E-state index contributed by atoms with van der Waals surface area (Å²) in [5, 5.41) is 7.54. The van der Waals surface area contributed by atoms with Gasteiger partial charge in [0, 0.05) is 19.3 Å². The van der Waals surface area contributed by atoms with Crippen LogP contribution in [-0.4, -0.2) is 24.0 Å². The van der Waals surface area contributed by atoms with Crippen molar-refractivity contribution in [3.05, 3.63) is 36.2 Å². The van der Waals surface area contributed by atoms with Crippen LogP contribution >= 0.6 is 0 Å². The average Bonchev–Trinajstić information content (AvgIpc) is 2.92. The molecule has 0 aliphatic rings. The van der Waals surface area contributed by atoms with Crippen LogP contribution in [0.4, 0.5) is 5.69 Å². The Hall–Kier alpha value is -2.17. The lowest BCUT2D eigenvalue weighted by Crippen LogP contribution is -2.00. The molecular weight excluding hydrogens is 242 g/mol. The number of aryl methyl sites for hydroxylation is 1. The number of hydrogen-bond acceptors (Lipinski definition) is 4. The molecule has 19 heavy (non-hydrogen) atoms. The number of hydrogen-bond donors (Lipinski definition) is 1. The average molecular weight is 261 g/mol. The number of nitrogens with one attached hydrogen (secondary N) is 1. The van der Waals surface area contributed by atoms with Crippen LogP contribution in [0.25, 0.3) is 0 Å². The summed E-state index contributed by atoms with van der Waals surface area (Å²) in [6, 6.07) is 5.89. The highest BCUT2D eigenvalue weighted by molar-refractivity contribution is 5.45. The lowest BCUT2D eigenvalue weighted by molar-refractivity contribution is 0.354. The van der Waals surface area contributed by atoms with Crippen molar-refractivity contribution in [1.82, 2.24) is 9.78 Å². The van der Waals surface area contributed by atoms with E-state index in [2.05, 4.69) is 17.3 Å². The standard InChI is InChI=1S/C14H19N3O2/c1-4-17-10-12(9-16-17)15-8-11-5-6-13(18-2)14(7-11)19-3/h5-7,9-10,15H,4,8H2,1-3H3. The molecule has 0 fully saturated rings. The first kappa shape index (κ1) is 13.3. The molecule has 2 rings (SSSR count). The SMILES string of the molecule is CCn1cc(NCc2ccc(OC)c(OC)c2)cn1. The van der Waals surface area contributed by atoms with Crippen molar-refractivity contribution < 1.29 is 9.47 Å². The van der Waals surface area contributed by atoms with Gasteiger partial charge < -0.3 is 14.8 Å². The molecule has 0 aliphatic heterocycles. The number of nitrogens with zero attached hydrogens (tertiary/aromatic N) is 2. The number of ether oxygens (including phenoxy) is 2. The Morgan fingerprint density at radius 3 is 2.63 bits per heavy atom. The van der Waals surface area contributed by atoms with Crippen molar-refractivity contribution in [2.24, 2.45) is 0 Å². The lowest BCUT2D eigenvalue weighted by atomic mass is 10.2. The van der Waals surface area contributed by atoms with Gasteiger partial charge in [-0.1, -0.05) is 6.07 Å². The molecule has 1 aromatic heterocycles. The third kappa shape index (κ3) is 3.19. The molecule has 2 aromatic rings. The summed E-state index contributed by atoms with van der Waals surface area (Å²) in [5.74, 6) is 1.48. The molecule has 0 bridgehead atoms. The summed E-state index contributed by atoms with van der Waals surface area (Å²) >= 11 is 0. The number of anilines is 1. The molecule has 0 atom stereocenters. The van der Waals surface area contributed by atoms with Crippen molar-refractivity contribution in [3.63, 3.8) is 0 Å². The van der Waals surface area contributed by atoms with E-state index in [0.717, 1.165) is 35.8 Å². The zero-order valence-electron chi connectivity index (χ0n) is 11.5. The van der Waals surface area contributed by atoms with Gasteiger partial charge in [0.15, 0.2) is 11.5 Å². The Bertz CT molecular complexity index is 537. The van der Waals surface area contributed by atoms with Crippen molar-refractivity contribution in [3.8, 4) is 11.5 Å². The van der Waals surface area contributed by atoms with Crippen molar-refractivity contribution in [2.45, 2.75) is 20.0 Å². The first-order valence-corrected chi connectivity index (χ1v) is 6.24. The number of benzene rings is 1. The zero-order valence-corrected chi connectivity index (χ0v) is 11.5. The number of methoxy groups -OCH3 is 2. The minimum absolute atomic E-state index is 0.718. The maximum Gasteiger partial charge on any atom is 0.161 e. The van der Waals surface area contributed by atoms with E-state index in [4.69, 9.17) is 9.47 Å². The van der Waals surface area contributed by atoms with E-state index >= 15 is 0 Å². The van der Waals surface area contributed by atoms with E-state index in [1.54, 1.807) is 14.2 Å².